The summed E-state index contributed by atoms with van der Waals surface area (Å²) in [7, 11) is 8.11. The average Bonchev–Trinajstić information content (AvgIpc) is 2.76. The van der Waals surface area contributed by atoms with Crippen LogP contribution in [0.3, 0.4) is 0 Å². The van der Waals surface area contributed by atoms with Crippen molar-refractivity contribution in [1.29, 1.82) is 0 Å². The fraction of sp³-hybridized carbons (Fsp3) is 0.409. The van der Waals surface area contributed by atoms with Crippen molar-refractivity contribution in [3.05, 3.63) is 43.8 Å². The largest absolute Gasteiger partial charge is 0.493 e. The van der Waals surface area contributed by atoms with Crippen molar-refractivity contribution in [1.82, 2.24) is 9.80 Å². The van der Waals surface area contributed by atoms with E-state index in [9.17, 15) is 4.79 Å². The normalized spacial score (nSPS) is 13.4. The average molecular weight is 558 g/mol. The van der Waals surface area contributed by atoms with Crippen LogP contribution in [0.1, 0.15) is 16.7 Å². The van der Waals surface area contributed by atoms with Gasteiger partial charge in [0.1, 0.15) is 0 Å². The zero-order chi connectivity index (χ0) is 22.7. The third-order valence-electron chi connectivity index (χ3n) is 5.19. The van der Waals surface area contributed by atoms with Crippen LogP contribution in [0.2, 0.25) is 0 Å². The minimum absolute atomic E-state index is 0.364. The van der Waals surface area contributed by atoms with Crippen molar-refractivity contribution in [2.75, 3.05) is 42.0 Å². The molecule has 168 valence electrons. The zero-order valence-corrected chi connectivity index (χ0v) is 21.4. The molecule has 0 spiro atoms. The molecule has 31 heavy (non-hydrogen) atoms. The fourth-order valence-electron chi connectivity index (χ4n) is 3.49. The molecule has 0 fully saturated rings. The summed E-state index contributed by atoms with van der Waals surface area (Å²) >= 11 is 7.28. The number of amides is 1. The highest BCUT2D eigenvalue weighted by Gasteiger charge is 2.25. The zero-order valence-electron chi connectivity index (χ0n) is 18.3. The molecule has 0 radical (unpaired) electrons. The second kappa shape index (κ2) is 10.1. The molecule has 1 amide bonds. The number of methoxy groups -OCH3 is 3. The van der Waals surface area contributed by atoms with E-state index >= 15 is 0 Å². The highest BCUT2D eigenvalue weighted by Crippen LogP contribution is 2.43. The quantitative estimate of drug-likeness (QED) is 0.506. The van der Waals surface area contributed by atoms with E-state index in [-0.39, 0.29) is 0 Å². The van der Waals surface area contributed by atoms with Crippen molar-refractivity contribution >= 4 is 38.0 Å². The molecule has 0 atom stereocenters. The number of benzene rings is 2. The predicted octanol–water partition coefficient (Wildman–Crippen LogP) is 4.86. The molecule has 0 unspecified atom stereocenters. The molecule has 3 rings (SSSR count). The number of fused-ring (bicyclic) bond motifs is 1. The number of hydrogen-bond acceptors (Lipinski definition) is 6. The summed E-state index contributed by atoms with van der Waals surface area (Å²) in [6.07, 6.45) is 0.434. The molecule has 9 heteroatoms. The van der Waals surface area contributed by atoms with Gasteiger partial charge in [-0.3, -0.25) is 4.90 Å². The van der Waals surface area contributed by atoms with Crippen LogP contribution in [0, 0.1) is 0 Å². The summed E-state index contributed by atoms with van der Waals surface area (Å²) in [6.45, 7) is 2.32. The highest BCUT2D eigenvalue weighted by molar-refractivity contribution is 9.11. The summed E-state index contributed by atoms with van der Waals surface area (Å²) in [5, 5.41) is 0. The number of nitrogens with zero attached hydrogens (tertiary/aromatic N) is 2. The Bertz CT molecular complexity index is 981. The molecular formula is C22H26Br2N2O5. The highest BCUT2D eigenvalue weighted by atomic mass is 79.9. The SMILES string of the molecule is COc1cc2c(cc1OC)CN(Cc1c(Br)cc(OC)c(OC(=O)N(C)C)c1Br)CC2. The molecule has 2 aromatic carbocycles. The molecule has 0 saturated carbocycles. The maximum atomic E-state index is 12.2. The van der Waals surface area contributed by atoms with E-state index in [2.05, 4.69) is 42.8 Å². The van der Waals surface area contributed by atoms with Crippen LogP contribution < -0.4 is 18.9 Å². The summed E-state index contributed by atoms with van der Waals surface area (Å²) in [5.41, 5.74) is 3.46. The van der Waals surface area contributed by atoms with Crippen molar-refractivity contribution in [2.24, 2.45) is 0 Å². The maximum absolute atomic E-state index is 12.2. The molecule has 0 N–H and O–H groups in total. The Kier molecular flexibility index (Phi) is 7.72. The lowest BCUT2D eigenvalue weighted by Crippen LogP contribution is -2.30. The van der Waals surface area contributed by atoms with Crippen LogP contribution in [-0.4, -0.2) is 57.9 Å². The van der Waals surface area contributed by atoms with E-state index in [1.807, 2.05) is 12.1 Å². The predicted molar refractivity (Wildman–Crippen MR) is 125 cm³/mol. The van der Waals surface area contributed by atoms with Crippen molar-refractivity contribution in [2.45, 2.75) is 19.5 Å². The van der Waals surface area contributed by atoms with Gasteiger partial charge in [-0.25, -0.2) is 4.79 Å². The lowest BCUT2D eigenvalue weighted by Gasteiger charge is -2.30. The molecular weight excluding hydrogens is 532 g/mol. The van der Waals surface area contributed by atoms with Gasteiger partial charge in [-0.1, -0.05) is 15.9 Å². The van der Waals surface area contributed by atoms with Gasteiger partial charge in [-0.05, 0) is 57.2 Å². The van der Waals surface area contributed by atoms with Gasteiger partial charge in [-0.15, -0.1) is 0 Å². The van der Waals surface area contributed by atoms with Gasteiger partial charge in [0.25, 0.3) is 0 Å². The van der Waals surface area contributed by atoms with Gasteiger partial charge in [0, 0.05) is 38.2 Å². The lowest BCUT2D eigenvalue weighted by molar-refractivity contribution is 0.169. The van der Waals surface area contributed by atoms with Crippen molar-refractivity contribution < 1.29 is 23.7 Å². The van der Waals surface area contributed by atoms with Crippen LogP contribution >= 0.6 is 31.9 Å². The molecule has 0 bridgehead atoms. The molecule has 7 nitrogen and oxygen atoms in total. The minimum Gasteiger partial charge on any atom is -0.493 e. The summed E-state index contributed by atoms with van der Waals surface area (Å²) in [6, 6.07) is 5.93. The van der Waals surface area contributed by atoms with Gasteiger partial charge in [0.05, 0.1) is 25.8 Å². The van der Waals surface area contributed by atoms with Gasteiger partial charge < -0.3 is 23.8 Å². The second-order valence-electron chi connectivity index (χ2n) is 7.38. The molecule has 2 aromatic rings. The second-order valence-corrected chi connectivity index (χ2v) is 9.03. The minimum atomic E-state index is -0.472. The van der Waals surface area contributed by atoms with Crippen LogP contribution in [0.15, 0.2) is 27.1 Å². The smallest absolute Gasteiger partial charge is 0.414 e. The Hall–Kier alpha value is -1.97. The van der Waals surface area contributed by atoms with Crippen LogP contribution in [0.25, 0.3) is 0 Å². The number of halogens is 2. The van der Waals surface area contributed by atoms with Gasteiger partial charge in [0.2, 0.25) is 0 Å². The topological polar surface area (TPSA) is 60.5 Å². The number of carbonyl (C=O) groups excluding carboxylic acids is 1. The third-order valence-corrected chi connectivity index (χ3v) is 6.73. The fourth-order valence-corrected chi connectivity index (χ4v) is 4.90. The van der Waals surface area contributed by atoms with E-state index in [0.717, 1.165) is 41.0 Å². The Morgan fingerprint density at radius 3 is 2.19 bits per heavy atom. The standard InChI is InChI=1S/C22H26Br2N2O5/c1-25(2)22(27)31-21-19(30-5)10-16(23)15(20(21)24)12-26-7-6-13-8-17(28-3)18(29-4)9-14(13)11-26/h8-10H,6-7,11-12H2,1-5H3. The molecule has 1 heterocycles. The Labute approximate surface area is 199 Å². The van der Waals surface area contributed by atoms with E-state index in [0.29, 0.717) is 22.5 Å². The van der Waals surface area contributed by atoms with Gasteiger partial charge >= 0.3 is 6.09 Å². The Morgan fingerprint density at radius 2 is 1.61 bits per heavy atom. The summed E-state index contributed by atoms with van der Waals surface area (Å²) < 4.78 is 23.5. The maximum Gasteiger partial charge on any atom is 0.414 e. The van der Waals surface area contributed by atoms with E-state index in [4.69, 9.17) is 18.9 Å². The lowest BCUT2D eigenvalue weighted by atomic mass is 9.98. The van der Waals surface area contributed by atoms with Crippen LogP contribution in [-0.2, 0) is 19.5 Å². The number of rotatable bonds is 6. The first-order valence-electron chi connectivity index (χ1n) is 9.69. The number of carbonyl (C=O) groups is 1. The number of ether oxygens (including phenoxy) is 4. The molecule has 1 aliphatic heterocycles. The third kappa shape index (κ3) is 5.10. The summed E-state index contributed by atoms with van der Waals surface area (Å²) in [5.74, 6) is 2.32. The van der Waals surface area contributed by atoms with Gasteiger partial charge in [0.15, 0.2) is 23.0 Å². The molecule has 0 saturated heterocycles. The van der Waals surface area contributed by atoms with Crippen LogP contribution in [0.5, 0.6) is 23.0 Å². The van der Waals surface area contributed by atoms with E-state index in [1.165, 1.54) is 16.0 Å². The Morgan fingerprint density at radius 1 is 1.00 bits per heavy atom. The van der Waals surface area contributed by atoms with E-state index < -0.39 is 6.09 Å². The Balaban J connectivity index is 1.88. The van der Waals surface area contributed by atoms with Crippen molar-refractivity contribution in [3.63, 3.8) is 0 Å². The number of hydrogen-bond donors (Lipinski definition) is 0. The van der Waals surface area contributed by atoms with Crippen LogP contribution in [0.4, 0.5) is 4.79 Å². The van der Waals surface area contributed by atoms with Crippen molar-refractivity contribution in [3.8, 4) is 23.0 Å². The van der Waals surface area contributed by atoms with E-state index in [1.54, 1.807) is 35.4 Å². The monoisotopic (exact) mass is 556 g/mol. The summed E-state index contributed by atoms with van der Waals surface area (Å²) in [4.78, 5) is 15.9. The van der Waals surface area contributed by atoms with Gasteiger partial charge in [-0.2, -0.15) is 0 Å². The molecule has 1 aliphatic rings. The first-order valence-corrected chi connectivity index (χ1v) is 11.3. The molecule has 0 aromatic heterocycles. The first kappa shape index (κ1) is 23.7. The molecule has 0 aliphatic carbocycles. The first-order chi connectivity index (χ1) is 14.8.